The first-order valence-corrected chi connectivity index (χ1v) is 10.9. The lowest BCUT2D eigenvalue weighted by molar-refractivity contribution is 0.169. The van der Waals surface area contributed by atoms with Gasteiger partial charge in [0.05, 0.1) is 19.1 Å². The van der Waals surface area contributed by atoms with Gasteiger partial charge in [0.2, 0.25) is 10.0 Å². The lowest BCUT2D eigenvalue weighted by atomic mass is 9.87. The van der Waals surface area contributed by atoms with Crippen molar-refractivity contribution in [1.82, 2.24) is 9.62 Å². The molecule has 1 amide bonds. The van der Waals surface area contributed by atoms with Crippen molar-refractivity contribution in [3.05, 3.63) is 24.3 Å². The summed E-state index contributed by atoms with van der Waals surface area (Å²) >= 11 is 0. The number of ether oxygens (including phenoxy) is 2. The van der Waals surface area contributed by atoms with Crippen molar-refractivity contribution >= 4 is 16.1 Å². The third kappa shape index (κ3) is 7.67. The van der Waals surface area contributed by atoms with E-state index in [0.717, 1.165) is 12.8 Å². The van der Waals surface area contributed by atoms with Gasteiger partial charge in [0.15, 0.2) is 0 Å². The Kier molecular flexibility index (Phi) is 9.23. The predicted molar refractivity (Wildman–Crippen MR) is 110 cm³/mol. The number of rotatable bonds is 11. The Labute approximate surface area is 169 Å². The molecule has 0 aliphatic carbocycles. The summed E-state index contributed by atoms with van der Waals surface area (Å²) in [7, 11) is -0.740. The monoisotopic (exact) mass is 414 g/mol. The Bertz CT molecular complexity index is 715. The van der Waals surface area contributed by atoms with Crippen molar-refractivity contribution in [3.63, 3.8) is 0 Å². The Hall–Kier alpha value is -1.80. The number of hydrogen-bond acceptors (Lipinski definition) is 5. The molecule has 28 heavy (non-hydrogen) atoms. The first-order valence-electron chi connectivity index (χ1n) is 9.48. The minimum atomic E-state index is -3.61. The molecule has 0 atom stereocenters. The molecule has 0 aliphatic rings. The maximum absolute atomic E-state index is 13.2. The van der Waals surface area contributed by atoms with Crippen molar-refractivity contribution < 1.29 is 22.7 Å². The normalized spacial score (nSPS) is 12.3. The molecule has 0 heterocycles. The zero-order valence-electron chi connectivity index (χ0n) is 17.8. The average molecular weight is 415 g/mol. The molecule has 1 rings (SSSR count). The number of methoxy groups -OCH3 is 2. The van der Waals surface area contributed by atoms with Crippen LogP contribution in [0.5, 0.6) is 5.75 Å². The van der Waals surface area contributed by atoms with Crippen LogP contribution in [0, 0.1) is 11.3 Å². The molecule has 8 heteroatoms. The topological polar surface area (TPSA) is 84.9 Å². The van der Waals surface area contributed by atoms with Gasteiger partial charge in [0.25, 0.3) is 0 Å². The van der Waals surface area contributed by atoms with Crippen LogP contribution in [0.4, 0.5) is 4.79 Å². The molecule has 0 saturated carbocycles. The summed E-state index contributed by atoms with van der Waals surface area (Å²) in [4.78, 5) is 11.4. The molecule has 0 radical (unpaired) electrons. The molecule has 160 valence electrons. The molecular weight excluding hydrogens is 380 g/mol. The van der Waals surface area contributed by atoms with Gasteiger partial charge in [0, 0.05) is 19.6 Å². The van der Waals surface area contributed by atoms with Crippen molar-refractivity contribution in [2.75, 3.05) is 33.9 Å². The van der Waals surface area contributed by atoms with Gasteiger partial charge in [-0.15, -0.1) is 0 Å². The van der Waals surface area contributed by atoms with Crippen LogP contribution in [0.2, 0.25) is 0 Å². The van der Waals surface area contributed by atoms with Crippen LogP contribution in [-0.2, 0) is 14.8 Å². The van der Waals surface area contributed by atoms with Crippen LogP contribution in [0.3, 0.4) is 0 Å². The van der Waals surface area contributed by atoms with E-state index in [1.807, 2.05) is 27.7 Å². The molecular formula is C20H34N2O5S. The molecule has 1 aromatic rings. The fourth-order valence-electron chi connectivity index (χ4n) is 2.94. The maximum Gasteiger partial charge on any atom is 0.406 e. The standard InChI is InChI=1S/C20H34N2O5S/c1-16(2)14-22(15-20(3,4)12-7-13-21-19(23)27-6)28(24,25)18-10-8-17(26-5)9-11-18/h8-11,16H,7,12-15H2,1-6H3,(H,21,23). The smallest absolute Gasteiger partial charge is 0.406 e. The van der Waals surface area contributed by atoms with E-state index in [-0.39, 0.29) is 16.2 Å². The Morgan fingerprint density at radius 1 is 1.18 bits per heavy atom. The van der Waals surface area contributed by atoms with Gasteiger partial charge >= 0.3 is 6.09 Å². The Balaban J connectivity index is 2.89. The van der Waals surface area contributed by atoms with Crippen LogP contribution in [0.1, 0.15) is 40.5 Å². The van der Waals surface area contributed by atoms with Crippen LogP contribution < -0.4 is 10.1 Å². The molecule has 1 aromatic carbocycles. The van der Waals surface area contributed by atoms with Crippen LogP contribution >= 0.6 is 0 Å². The molecule has 0 fully saturated rings. The predicted octanol–water partition coefficient (Wildman–Crippen LogP) is 3.50. The van der Waals surface area contributed by atoms with E-state index in [0.29, 0.717) is 25.4 Å². The number of benzene rings is 1. The van der Waals surface area contributed by atoms with Crippen LogP contribution in [0.25, 0.3) is 0 Å². The zero-order valence-corrected chi connectivity index (χ0v) is 18.6. The highest BCUT2D eigenvalue weighted by molar-refractivity contribution is 7.89. The molecule has 0 spiro atoms. The number of hydrogen-bond donors (Lipinski definition) is 1. The van der Waals surface area contributed by atoms with E-state index in [9.17, 15) is 13.2 Å². The number of amides is 1. The van der Waals surface area contributed by atoms with Gasteiger partial charge in [-0.05, 0) is 48.4 Å². The van der Waals surface area contributed by atoms with Gasteiger partial charge in [-0.3, -0.25) is 0 Å². The second-order valence-electron chi connectivity index (χ2n) is 8.05. The minimum absolute atomic E-state index is 0.199. The van der Waals surface area contributed by atoms with Gasteiger partial charge in [-0.25, -0.2) is 13.2 Å². The highest BCUT2D eigenvalue weighted by Gasteiger charge is 2.31. The van der Waals surface area contributed by atoms with E-state index < -0.39 is 16.1 Å². The molecule has 0 bridgehead atoms. The van der Waals surface area contributed by atoms with Gasteiger partial charge in [-0.2, -0.15) is 4.31 Å². The van der Waals surface area contributed by atoms with E-state index in [1.165, 1.54) is 7.11 Å². The quantitative estimate of drug-likeness (QED) is 0.560. The minimum Gasteiger partial charge on any atom is -0.497 e. The third-order valence-corrected chi connectivity index (χ3v) is 6.18. The summed E-state index contributed by atoms with van der Waals surface area (Å²) in [6.45, 7) is 9.43. The second kappa shape index (κ2) is 10.7. The van der Waals surface area contributed by atoms with E-state index in [1.54, 1.807) is 35.7 Å². The van der Waals surface area contributed by atoms with Gasteiger partial charge in [-0.1, -0.05) is 27.7 Å². The summed E-state index contributed by atoms with van der Waals surface area (Å²) in [6, 6.07) is 6.47. The van der Waals surface area contributed by atoms with Crippen LogP contribution in [-0.4, -0.2) is 52.7 Å². The molecule has 0 aromatic heterocycles. The fraction of sp³-hybridized carbons (Fsp3) is 0.650. The molecule has 0 aliphatic heterocycles. The first kappa shape index (κ1) is 24.2. The molecule has 0 saturated heterocycles. The highest BCUT2D eigenvalue weighted by atomic mass is 32.2. The molecule has 7 nitrogen and oxygen atoms in total. The molecule has 0 unspecified atom stereocenters. The first-order chi connectivity index (χ1) is 13.0. The number of sulfonamides is 1. The second-order valence-corrected chi connectivity index (χ2v) is 9.99. The highest BCUT2D eigenvalue weighted by Crippen LogP contribution is 2.28. The summed E-state index contributed by atoms with van der Waals surface area (Å²) in [5.41, 5.74) is -0.244. The van der Waals surface area contributed by atoms with Crippen LogP contribution in [0.15, 0.2) is 29.2 Å². The summed E-state index contributed by atoms with van der Waals surface area (Å²) in [5.74, 6) is 0.817. The average Bonchev–Trinajstić information content (AvgIpc) is 2.64. The maximum atomic E-state index is 13.2. The third-order valence-electron chi connectivity index (χ3n) is 4.36. The zero-order chi connectivity index (χ0) is 21.4. The van der Waals surface area contributed by atoms with Crippen molar-refractivity contribution in [2.45, 2.75) is 45.4 Å². The van der Waals surface area contributed by atoms with E-state index in [4.69, 9.17) is 4.74 Å². The summed E-state index contributed by atoms with van der Waals surface area (Å²) < 4.78 is 37.7. The lowest BCUT2D eigenvalue weighted by Crippen LogP contribution is -2.41. The SMILES string of the molecule is COC(=O)NCCCC(C)(C)CN(CC(C)C)S(=O)(=O)c1ccc(OC)cc1. The van der Waals surface area contributed by atoms with Crippen molar-refractivity contribution in [3.8, 4) is 5.75 Å². The fourth-order valence-corrected chi connectivity index (χ4v) is 4.73. The number of alkyl carbamates (subject to hydrolysis) is 1. The van der Waals surface area contributed by atoms with Gasteiger partial charge in [0.1, 0.15) is 5.75 Å². The number of nitrogens with zero attached hydrogens (tertiary/aromatic N) is 1. The Morgan fingerprint density at radius 3 is 2.29 bits per heavy atom. The lowest BCUT2D eigenvalue weighted by Gasteiger charge is -2.33. The number of nitrogens with one attached hydrogen (secondary N) is 1. The largest absolute Gasteiger partial charge is 0.497 e. The Morgan fingerprint density at radius 2 is 1.79 bits per heavy atom. The summed E-state index contributed by atoms with van der Waals surface area (Å²) in [6.07, 6.45) is 1.05. The number of carbonyl (C=O) groups is 1. The summed E-state index contributed by atoms with van der Waals surface area (Å²) in [5, 5.41) is 2.65. The van der Waals surface area contributed by atoms with Gasteiger partial charge < -0.3 is 14.8 Å². The number of carbonyl (C=O) groups excluding carboxylic acids is 1. The molecule has 1 N–H and O–H groups in total. The van der Waals surface area contributed by atoms with Crippen molar-refractivity contribution in [1.29, 1.82) is 0 Å². The van der Waals surface area contributed by atoms with E-state index >= 15 is 0 Å². The van der Waals surface area contributed by atoms with E-state index in [2.05, 4.69) is 10.1 Å². The van der Waals surface area contributed by atoms with Crippen molar-refractivity contribution in [2.24, 2.45) is 11.3 Å².